The van der Waals surface area contributed by atoms with Crippen LogP contribution < -0.4 is 9.47 Å². The number of hydrogen-bond donors (Lipinski definition) is 1. The van der Waals surface area contributed by atoms with Gasteiger partial charge in [-0.3, -0.25) is 0 Å². The number of hydrogen-bond acceptors (Lipinski definition) is 3. The lowest BCUT2D eigenvalue weighted by molar-refractivity contribution is 0.376. The molecule has 0 aliphatic rings. The largest absolute Gasteiger partial charge is 0.495 e. The van der Waals surface area contributed by atoms with Gasteiger partial charge in [0.05, 0.1) is 19.1 Å². The zero-order valence-electron chi connectivity index (χ0n) is 7.42. The van der Waals surface area contributed by atoms with E-state index in [1.165, 1.54) is 0 Å². The zero-order valence-corrected chi connectivity index (χ0v) is 8.31. The third kappa shape index (κ3) is 1.67. The van der Waals surface area contributed by atoms with Crippen molar-refractivity contribution >= 4 is 12.6 Å². The van der Waals surface area contributed by atoms with Crippen molar-refractivity contribution in [2.75, 3.05) is 14.2 Å². The maximum atomic E-state index is 5.11. The van der Waals surface area contributed by atoms with Crippen LogP contribution in [-0.2, 0) is 0 Å². The summed E-state index contributed by atoms with van der Waals surface area (Å²) >= 11 is 4.27. The van der Waals surface area contributed by atoms with Crippen molar-refractivity contribution in [3.05, 3.63) is 17.7 Å². The first kappa shape index (κ1) is 9.26. The summed E-state index contributed by atoms with van der Waals surface area (Å²) in [6, 6.07) is 3.84. The molecule has 1 rings (SSSR count). The number of thiol groups is 1. The van der Waals surface area contributed by atoms with Crippen LogP contribution >= 0.6 is 12.6 Å². The lowest BCUT2D eigenvalue weighted by Gasteiger charge is -2.09. The second-order valence-electron chi connectivity index (χ2n) is 2.52. The fourth-order valence-corrected chi connectivity index (χ4v) is 1.34. The highest BCUT2D eigenvalue weighted by atomic mass is 32.1. The van der Waals surface area contributed by atoms with Gasteiger partial charge in [0.25, 0.3) is 0 Å². The van der Waals surface area contributed by atoms with Gasteiger partial charge in [-0.1, -0.05) is 0 Å². The lowest BCUT2D eigenvalue weighted by atomic mass is 10.2. The highest BCUT2D eigenvalue weighted by molar-refractivity contribution is 7.80. The Bertz CT molecular complexity index is 259. The summed E-state index contributed by atoms with van der Waals surface area (Å²) in [5, 5.41) is 0. The molecule has 0 saturated heterocycles. The minimum Gasteiger partial charge on any atom is -0.495 e. The van der Waals surface area contributed by atoms with E-state index in [2.05, 4.69) is 12.6 Å². The van der Waals surface area contributed by atoms with Crippen LogP contribution in [0.2, 0.25) is 0 Å². The smallest absolute Gasteiger partial charge is 0.136 e. The van der Waals surface area contributed by atoms with E-state index in [0.29, 0.717) is 0 Å². The third-order valence-corrected chi connectivity index (χ3v) is 2.06. The Morgan fingerprint density at radius 1 is 1.08 bits per heavy atom. The van der Waals surface area contributed by atoms with Crippen LogP contribution in [0.5, 0.6) is 11.5 Å². The first-order valence-corrected chi connectivity index (χ1v) is 4.05. The first-order valence-electron chi connectivity index (χ1n) is 3.60. The highest BCUT2D eigenvalue weighted by Gasteiger charge is 2.06. The fourth-order valence-electron chi connectivity index (χ4n) is 1.02. The number of benzene rings is 1. The van der Waals surface area contributed by atoms with E-state index in [1.807, 2.05) is 19.1 Å². The van der Waals surface area contributed by atoms with Gasteiger partial charge in [-0.2, -0.15) is 0 Å². The minimum atomic E-state index is 0.741. The summed E-state index contributed by atoms with van der Waals surface area (Å²) in [5.74, 6) is 1.49. The van der Waals surface area contributed by atoms with Crippen molar-refractivity contribution in [3.8, 4) is 11.5 Å². The van der Waals surface area contributed by atoms with Crippen molar-refractivity contribution in [2.24, 2.45) is 0 Å². The van der Waals surface area contributed by atoms with Crippen LogP contribution in [0.4, 0.5) is 0 Å². The second kappa shape index (κ2) is 3.72. The van der Waals surface area contributed by atoms with Crippen molar-refractivity contribution in [1.82, 2.24) is 0 Å². The Labute approximate surface area is 77.9 Å². The molecule has 1 aromatic carbocycles. The number of methoxy groups -OCH3 is 2. The molecule has 0 aromatic heterocycles. The molecule has 1 aromatic rings. The summed E-state index contributed by atoms with van der Waals surface area (Å²) in [5.41, 5.74) is 1.10. The molecule has 0 bridgehead atoms. The monoisotopic (exact) mass is 184 g/mol. The molecule has 2 nitrogen and oxygen atoms in total. The van der Waals surface area contributed by atoms with E-state index in [9.17, 15) is 0 Å². The van der Waals surface area contributed by atoms with E-state index in [4.69, 9.17) is 9.47 Å². The van der Waals surface area contributed by atoms with Crippen molar-refractivity contribution in [3.63, 3.8) is 0 Å². The van der Waals surface area contributed by atoms with Gasteiger partial charge in [0.1, 0.15) is 11.5 Å². The molecule has 0 aliphatic heterocycles. The Balaban J connectivity index is 3.22. The van der Waals surface area contributed by atoms with E-state index in [0.717, 1.165) is 22.0 Å². The van der Waals surface area contributed by atoms with Crippen molar-refractivity contribution in [1.29, 1.82) is 0 Å². The standard InChI is InChI=1S/C9H12O2S/c1-6-4-7(10-2)9(12)8(5-6)11-3/h4-5,12H,1-3H3. The highest BCUT2D eigenvalue weighted by Crippen LogP contribution is 2.33. The van der Waals surface area contributed by atoms with Crippen LogP contribution in [0.15, 0.2) is 17.0 Å². The van der Waals surface area contributed by atoms with Gasteiger partial charge in [0.2, 0.25) is 0 Å². The Kier molecular flexibility index (Phi) is 2.87. The van der Waals surface area contributed by atoms with E-state index in [1.54, 1.807) is 14.2 Å². The molecule has 3 heteroatoms. The van der Waals surface area contributed by atoms with Crippen molar-refractivity contribution in [2.45, 2.75) is 11.8 Å². The molecule has 66 valence electrons. The molecule has 0 N–H and O–H groups in total. The first-order chi connectivity index (χ1) is 5.69. The molecule has 0 unspecified atom stereocenters. The Morgan fingerprint density at radius 3 is 1.83 bits per heavy atom. The van der Waals surface area contributed by atoms with Gasteiger partial charge in [-0.05, 0) is 24.6 Å². The maximum Gasteiger partial charge on any atom is 0.136 e. The summed E-state index contributed by atoms with van der Waals surface area (Å²) < 4.78 is 10.2. The van der Waals surface area contributed by atoms with Gasteiger partial charge >= 0.3 is 0 Å². The quantitative estimate of drug-likeness (QED) is 0.711. The van der Waals surface area contributed by atoms with E-state index in [-0.39, 0.29) is 0 Å². The minimum absolute atomic E-state index is 0.741. The van der Waals surface area contributed by atoms with Crippen LogP contribution in [0.1, 0.15) is 5.56 Å². The molecule has 12 heavy (non-hydrogen) atoms. The number of ether oxygens (including phenoxy) is 2. The molecule has 0 aliphatic carbocycles. The SMILES string of the molecule is COc1cc(C)cc(OC)c1S. The van der Waals surface area contributed by atoms with Crippen molar-refractivity contribution < 1.29 is 9.47 Å². The average Bonchev–Trinajstić information content (AvgIpc) is 2.08. The maximum absolute atomic E-state index is 5.11. The second-order valence-corrected chi connectivity index (χ2v) is 2.97. The Morgan fingerprint density at radius 2 is 1.50 bits per heavy atom. The van der Waals surface area contributed by atoms with E-state index < -0.39 is 0 Å². The topological polar surface area (TPSA) is 18.5 Å². The van der Waals surface area contributed by atoms with Crippen LogP contribution in [0, 0.1) is 6.92 Å². The van der Waals surface area contributed by atoms with Gasteiger partial charge in [0.15, 0.2) is 0 Å². The normalized spacial score (nSPS) is 9.67. The molecule has 0 spiro atoms. The molecule has 0 radical (unpaired) electrons. The molecular weight excluding hydrogens is 172 g/mol. The fraction of sp³-hybridized carbons (Fsp3) is 0.333. The molecule has 0 saturated carbocycles. The molecule has 0 atom stereocenters. The van der Waals surface area contributed by atoms with Gasteiger partial charge in [-0.25, -0.2) is 0 Å². The van der Waals surface area contributed by atoms with Gasteiger partial charge in [0, 0.05) is 0 Å². The van der Waals surface area contributed by atoms with Gasteiger partial charge < -0.3 is 9.47 Å². The molecule has 0 heterocycles. The third-order valence-electron chi connectivity index (χ3n) is 1.62. The summed E-state index contributed by atoms with van der Waals surface area (Å²) in [7, 11) is 3.24. The number of rotatable bonds is 2. The predicted molar refractivity (Wildman–Crippen MR) is 51.5 cm³/mol. The van der Waals surface area contributed by atoms with Gasteiger partial charge in [-0.15, -0.1) is 12.6 Å². The predicted octanol–water partition coefficient (Wildman–Crippen LogP) is 2.30. The zero-order chi connectivity index (χ0) is 9.14. The van der Waals surface area contributed by atoms with Crippen LogP contribution in [0.25, 0.3) is 0 Å². The molecule has 0 amide bonds. The molecular formula is C9H12O2S. The Hall–Kier alpha value is -0.830. The summed E-state index contributed by atoms with van der Waals surface area (Å²) in [4.78, 5) is 0.741. The summed E-state index contributed by atoms with van der Waals surface area (Å²) in [6.07, 6.45) is 0. The van der Waals surface area contributed by atoms with Crippen LogP contribution in [-0.4, -0.2) is 14.2 Å². The molecule has 0 fully saturated rings. The lowest BCUT2D eigenvalue weighted by Crippen LogP contribution is -1.91. The number of aryl methyl sites for hydroxylation is 1. The van der Waals surface area contributed by atoms with Crippen LogP contribution in [0.3, 0.4) is 0 Å². The van der Waals surface area contributed by atoms with E-state index >= 15 is 0 Å². The summed E-state index contributed by atoms with van der Waals surface area (Å²) in [6.45, 7) is 1.98. The average molecular weight is 184 g/mol.